The van der Waals surface area contributed by atoms with Crippen LogP contribution in [0.2, 0.25) is 0 Å². The summed E-state index contributed by atoms with van der Waals surface area (Å²) < 4.78 is 12.3. The Balaban J connectivity index is 1.29. The highest BCUT2D eigenvalue weighted by atomic mass is 16.7. The molecule has 1 aliphatic heterocycles. The predicted molar refractivity (Wildman–Crippen MR) is 165 cm³/mol. The first-order chi connectivity index (χ1) is 19.9. The van der Waals surface area contributed by atoms with Crippen molar-refractivity contribution in [3.05, 3.63) is 11.6 Å². The molecular formula is C36H60O7. The maximum atomic E-state index is 11.9. The van der Waals surface area contributed by atoms with Gasteiger partial charge in [0.2, 0.25) is 0 Å². The van der Waals surface area contributed by atoms with E-state index in [2.05, 4.69) is 61.5 Å². The van der Waals surface area contributed by atoms with Gasteiger partial charge in [0.25, 0.3) is 0 Å². The first kappa shape index (κ1) is 32.4. The molecule has 246 valence electrons. The van der Waals surface area contributed by atoms with Crippen molar-refractivity contribution in [1.29, 1.82) is 0 Å². The van der Waals surface area contributed by atoms with Crippen molar-refractivity contribution in [3.8, 4) is 0 Å². The number of fused-ring (bicyclic) bond motifs is 7. The highest BCUT2D eigenvalue weighted by Gasteiger charge is 2.69. The molecule has 7 heteroatoms. The third-order valence-electron chi connectivity index (χ3n) is 15.2. The van der Waals surface area contributed by atoms with Crippen LogP contribution in [-0.2, 0) is 9.47 Å². The summed E-state index contributed by atoms with van der Waals surface area (Å²) in [6.45, 7) is 18.9. The Labute approximate surface area is 259 Å². The van der Waals surface area contributed by atoms with Crippen LogP contribution in [0, 0.1) is 50.2 Å². The molecule has 6 rings (SSSR count). The fourth-order valence-corrected chi connectivity index (χ4v) is 12.1. The second-order valence-corrected chi connectivity index (χ2v) is 18.1. The summed E-state index contributed by atoms with van der Waals surface area (Å²) in [7, 11) is 0. The normalized spacial score (nSPS) is 55.7. The van der Waals surface area contributed by atoms with Crippen molar-refractivity contribution in [2.45, 2.75) is 156 Å². The summed E-state index contributed by atoms with van der Waals surface area (Å²) in [6, 6.07) is 0. The number of aliphatic hydroxyl groups excluding tert-OH is 5. The zero-order valence-corrected chi connectivity index (χ0v) is 28.0. The molecule has 0 amide bonds. The van der Waals surface area contributed by atoms with Gasteiger partial charge in [0, 0.05) is 5.41 Å². The van der Waals surface area contributed by atoms with E-state index in [1.165, 1.54) is 6.42 Å². The summed E-state index contributed by atoms with van der Waals surface area (Å²) in [5.41, 5.74) is 1.85. The van der Waals surface area contributed by atoms with Crippen molar-refractivity contribution in [2.75, 3.05) is 6.61 Å². The van der Waals surface area contributed by atoms with Gasteiger partial charge in [-0.25, -0.2) is 0 Å². The Morgan fingerprint density at radius 1 is 0.791 bits per heavy atom. The van der Waals surface area contributed by atoms with Gasteiger partial charge < -0.3 is 35.0 Å². The molecule has 1 saturated heterocycles. The minimum atomic E-state index is -1.44. The molecule has 6 aliphatic rings. The van der Waals surface area contributed by atoms with Crippen LogP contribution in [0.25, 0.3) is 0 Å². The maximum Gasteiger partial charge on any atom is 0.186 e. The maximum absolute atomic E-state index is 11.9. The Morgan fingerprint density at radius 2 is 1.49 bits per heavy atom. The molecular weight excluding hydrogens is 544 g/mol. The van der Waals surface area contributed by atoms with E-state index in [0.29, 0.717) is 23.2 Å². The Hall–Kier alpha value is -0.540. The molecule has 7 nitrogen and oxygen atoms in total. The number of rotatable bonds is 3. The van der Waals surface area contributed by atoms with Crippen molar-refractivity contribution < 1.29 is 35.0 Å². The van der Waals surface area contributed by atoms with Gasteiger partial charge in [0.1, 0.15) is 24.4 Å². The molecule has 0 radical (unpaired) electrons. The van der Waals surface area contributed by atoms with Gasteiger partial charge in [-0.15, -0.1) is 0 Å². The van der Waals surface area contributed by atoms with E-state index in [1.54, 1.807) is 5.57 Å². The molecule has 0 aromatic carbocycles. The number of aliphatic hydroxyl groups is 5. The predicted octanol–water partition coefficient (Wildman–Crippen LogP) is 4.96. The lowest BCUT2D eigenvalue weighted by Crippen LogP contribution is -2.66. The van der Waals surface area contributed by atoms with Crippen molar-refractivity contribution in [2.24, 2.45) is 50.2 Å². The second-order valence-electron chi connectivity index (χ2n) is 18.1. The van der Waals surface area contributed by atoms with Gasteiger partial charge in [0.15, 0.2) is 6.29 Å². The van der Waals surface area contributed by atoms with Crippen molar-refractivity contribution in [3.63, 3.8) is 0 Å². The van der Waals surface area contributed by atoms with E-state index < -0.39 is 37.3 Å². The van der Waals surface area contributed by atoms with Crippen LogP contribution < -0.4 is 0 Å². The Kier molecular flexibility index (Phi) is 7.71. The summed E-state index contributed by atoms with van der Waals surface area (Å²) in [6.07, 6.45) is 5.28. The first-order valence-electron chi connectivity index (χ1n) is 17.2. The van der Waals surface area contributed by atoms with Gasteiger partial charge in [-0.2, -0.15) is 0 Å². The number of hydrogen-bond acceptors (Lipinski definition) is 7. The molecule has 0 aromatic rings. The molecule has 0 bridgehead atoms. The third-order valence-corrected chi connectivity index (χ3v) is 15.2. The van der Waals surface area contributed by atoms with Gasteiger partial charge in [-0.05, 0) is 103 Å². The highest BCUT2D eigenvalue weighted by Crippen LogP contribution is 2.75. The Morgan fingerprint density at radius 3 is 2.16 bits per heavy atom. The number of allylic oxidation sites excluding steroid dienone is 2. The van der Waals surface area contributed by atoms with Crippen LogP contribution >= 0.6 is 0 Å². The quantitative estimate of drug-likeness (QED) is 0.228. The minimum absolute atomic E-state index is 0.0330. The second kappa shape index (κ2) is 10.2. The summed E-state index contributed by atoms with van der Waals surface area (Å²) in [5.74, 6) is 1.33. The SMILES string of the molecule is CC1(C)CC[C@]2(C)[C@H](O)C[C@]3(C)C(=CC[C@@H]4[C@@]5(C)CC[C@H](O[C@@H]6O[C@H](CO)[C@@H](O)[C@H](O)[C@H]6O)C(C)(C)[C@@H]5CC[C@]43C)[C@@H]2C1. The van der Waals surface area contributed by atoms with E-state index in [0.717, 1.165) is 51.4 Å². The van der Waals surface area contributed by atoms with E-state index in [1.807, 2.05) is 0 Å². The lowest BCUT2D eigenvalue weighted by molar-refractivity contribution is -0.330. The van der Waals surface area contributed by atoms with Gasteiger partial charge in [0.05, 0.1) is 18.8 Å². The summed E-state index contributed by atoms with van der Waals surface area (Å²) in [4.78, 5) is 0. The average Bonchev–Trinajstić information content (AvgIpc) is 2.92. The van der Waals surface area contributed by atoms with Gasteiger partial charge in [-0.3, -0.25) is 0 Å². The fourth-order valence-electron chi connectivity index (χ4n) is 12.1. The molecule has 5 N–H and O–H groups in total. The lowest BCUT2D eigenvalue weighted by atomic mass is 9.33. The van der Waals surface area contributed by atoms with Crippen LogP contribution in [0.1, 0.15) is 113 Å². The van der Waals surface area contributed by atoms with Crippen molar-refractivity contribution in [1.82, 2.24) is 0 Å². The smallest absolute Gasteiger partial charge is 0.186 e. The number of ether oxygens (including phenoxy) is 2. The molecule has 4 saturated carbocycles. The number of hydrogen-bond donors (Lipinski definition) is 5. The largest absolute Gasteiger partial charge is 0.394 e. The average molecular weight is 605 g/mol. The van der Waals surface area contributed by atoms with Crippen LogP contribution in [0.5, 0.6) is 0 Å². The fraction of sp³-hybridized carbons (Fsp3) is 0.944. The Bertz CT molecular complexity index is 1120. The van der Waals surface area contributed by atoms with Crippen LogP contribution in [0.3, 0.4) is 0 Å². The van der Waals surface area contributed by atoms with Gasteiger partial charge in [-0.1, -0.05) is 67.0 Å². The zero-order valence-electron chi connectivity index (χ0n) is 28.0. The summed E-state index contributed by atoms with van der Waals surface area (Å²) in [5, 5.41) is 52.9. The summed E-state index contributed by atoms with van der Waals surface area (Å²) >= 11 is 0. The molecule has 0 spiro atoms. The van der Waals surface area contributed by atoms with Crippen LogP contribution in [0.15, 0.2) is 11.6 Å². The van der Waals surface area contributed by atoms with E-state index in [4.69, 9.17) is 9.47 Å². The van der Waals surface area contributed by atoms with E-state index >= 15 is 0 Å². The topological polar surface area (TPSA) is 120 Å². The van der Waals surface area contributed by atoms with Gasteiger partial charge >= 0.3 is 0 Å². The molecule has 1 heterocycles. The third kappa shape index (κ3) is 4.45. The molecule has 0 unspecified atom stereocenters. The van der Waals surface area contributed by atoms with E-state index in [9.17, 15) is 25.5 Å². The van der Waals surface area contributed by atoms with Crippen LogP contribution in [0.4, 0.5) is 0 Å². The molecule has 0 aromatic heterocycles. The highest BCUT2D eigenvalue weighted by molar-refractivity contribution is 5.34. The van der Waals surface area contributed by atoms with E-state index in [-0.39, 0.29) is 39.3 Å². The van der Waals surface area contributed by atoms with Crippen molar-refractivity contribution >= 4 is 0 Å². The molecule has 5 fully saturated rings. The zero-order chi connectivity index (χ0) is 31.5. The minimum Gasteiger partial charge on any atom is -0.394 e. The molecule has 14 atom stereocenters. The monoisotopic (exact) mass is 604 g/mol. The first-order valence-corrected chi connectivity index (χ1v) is 17.2. The van der Waals surface area contributed by atoms with Crippen LogP contribution in [-0.4, -0.2) is 75.1 Å². The lowest BCUT2D eigenvalue weighted by Gasteiger charge is -2.72. The standard InChI is InChI=1S/C36H60O7/c1-31(2)15-16-33(5)21(17-31)20-9-10-24-34(6)13-12-26(43-30-29(41)28(40)27(39)22(19-37)42-30)32(3,4)23(34)11-14-35(24,7)36(20,8)18-25(33)38/h9,21-30,37-41H,10-19H2,1-8H3/t21-,22+,23-,24+,25+,26-,27+,28-,29+,30-,33-,34-,35+,36+/m0/s1. The molecule has 5 aliphatic carbocycles. The molecule has 43 heavy (non-hydrogen) atoms.